The molecule has 0 radical (unpaired) electrons. The molecule has 0 amide bonds. The first-order valence-corrected chi connectivity index (χ1v) is 7.61. The molecule has 1 aromatic rings. The molecule has 0 spiro atoms. The Labute approximate surface area is 132 Å². The summed E-state index contributed by atoms with van der Waals surface area (Å²) in [7, 11) is 1.63. The van der Waals surface area contributed by atoms with Crippen LogP contribution in [0.1, 0.15) is 25.8 Å². The van der Waals surface area contributed by atoms with Crippen molar-refractivity contribution in [1.82, 2.24) is 10.3 Å². The molecule has 7 heteroatoms. The van der Waals surface area contributed by atoms with Gasteiger partial charge in [0.25, 0.3) is 0 Å². The zero-order chi connectivity index (χ0) is 16.0. The number of aromatic nitrogens is 1. The van der Waals surface area contributed by atoms with E-state index >= 15 is 0 Å². The minimum Gasteiger partial charge on any atom is -0.359 e. The van der Waals surface area contributed by atoms with Crippen molar-refractivity contribution >= 4 is 21.7 Å². The average Bonchev–Trinajstić information content (AvgIpc) is 2.35. The first-order valence-electron chi connectivity index (χ1n) is 6.82. The van der Waals surface area contributed by atoms with Crippen LogP contribution < -0.4 is 10.2 Å². The third kappa shape index (κ3) is 7.13. The van der Waals surface area contributed by atoms with Crippen molar-refractivity contribution in [2.75, 3.05) is 25.0 Å². The highest BCUT2D eigenvalue weighted by Crippen LogP contribution is 2.24. The predicted octanol–water partition coefficient (Wildman–Crippen LogP) is 3.98. The summed E-state index contributed by atoms with van der Waals surface area (Å²) in [6.45, 7) is 5.52. The summed E-state index contributed by atoms with van der Waals surface area (Å²) in [4.78, 5) is 5.80. The number of anilines is 1. The lowest BCUT2D eigenvalue weighted by Crippen LogP contribution is -2.27. The van der Waals surface area contributed by atoms with E-state index in [-0.39, 0.29) is 6.54 Å². The Balaban J connectivity index is 2.75. The SMILES string of the molecule is CC(C)CNCc1cc(Br)cnc1N(C)CCC(F)(F)F. The molecule has 21 heavy (non-hydrogen) atoms. The molecule has 1 aromatic heterocycles. The number of hydrogen-bond donors (Lipinski definition) is 1. The van der Waals surface area contributed by atoms with Crippen LogP contribution in [0, 0.1) is 5.92 Å². The van der Waals surface area contributed by atoms with E-state index < -0.39 is 12.6 Å². The topological polar surface area (TPSA) is 28.2 Å². The highest BCUT2D eigenvalue weighted by Gasteiger charge is 2.27. The first kappa shape index (κ1) is 18.2. The molecule has 3 nitrogen and oxygen atoms in total. The Hall–Kier alpha value is -0.820. The maximum Gasteiger partial charge on any atom is 0.390 e. The maximum atomic E-state index is 12.3. The quantitative estimate of drug-likeness (QED) is 0.789. The minimum atomic E-state index is -4.15. The number of nitrogens with one attached hydrogen (secondary N) is 1. The van der Waals surface area contributed by atoms with E-state index in [9.17, 15) is 13.2 Å². The Kier molecular flexibility index (Phi) is 6.93. The molecule has 0 aliphatic carbocycles. The molecule has 0 saturated heterocycles. The van der Waals surface area contributed by atoms with Gasteiger partial charge < -0.3 is 10.2 Å². The molecular formula is C14H21BrF3N3. The van der Waals surface area contributed by atoms with Gasteiger partial charge in [0.05, 0.1) is 6.42 Å². The molecule has 1 heterocycles. The summed E-state index contributed by atoms with van der Waals surface area (Å²) in [5.74, 6) is 1.09. The third-order valence-electron chi connectivity index (χ3n) is 2.87. The second-order valence-corrected chi connectivity index (χ2v) is 6.36. The standard InChI is InChI=1S/C14H21BrF3N3/c1-10(2)7-19-8-11-6-12(15)9-20-13(11)21(3)5-4-14(16,17)18/h6,9-10,19H,4-5,7-8H2,1-3H3. The lowest BCUT2D eigenvalue weighted by Gasteiger charge is -2.22. The van der Waals surface area contributed by atoms with Crippen LogP contribution in [-0.2, 0) is 6.54 Å². The monoisotopic (exact) mass is 367 g/mol. The number of pyridine rings is 1. The number of nitrogens with zero attached hydrogens (tertiary/aromatic N) is 2. The first-order chi connectivity index (χ1) is 9.69. The molecule has 0 atom stereocenters. The third-order valence-corrected chi connectivity index (χ3v) is 3.30. The van der Waals surface area contributed by atoms with Crippen LogP contribution >= 0.6 is 15.9 Å². The van der Waals surface area contributed by atoms with Gasteiger partial charge in [-0.1, -0.05) is 13.8 Å². The van der Waals surface area contributed by atoms with Crippen LogP contribution in [0.4, 0.5) is 19.0 Å². The molecule has 0 aromatic carbocycles. The largest absolute Gasteiger partial charge is 0.390 e. The van der Waals surface area contributed by atoms with Crippen LogP contribution in [0.15, 0.2) is 16.7 Å². The Morgan fingerprint density at radius 2 is 2.05 bits per heavy atom. The van der Waals surface area contributed by atoms with Gasteiger partial charge in [-0.25, -0.2) is 4.98 Å². The number of rotatable bonds is 7. The Morgan fingerprint density at radius 1 is 1.38 bits per heavy atom. The van der Waals surface area contributed by atoms with Gasteiger partial charge in [0, 0.05) is 36.4 Å². The fraction of sp³-hybridized carbons (Fsp3) is 0.643. The van der Waals surface area contributed by atoms with E-state index in [1.807, 2.05) is 6.07 Å². The van der Waals surface area contributed by atoms with E-state index in [0.717, 1.165) is 16.6 Å². The van der Waals surface area contributed by atoms with E-state index in [1.54, 1.807) is 18.1 Å². The fourth-order valence-electron chi connectivity index (χ4n) is 1.84. The smallest absolute Gasteiger partial charge is 0.359 e. The number of hydrogen-bond acceptors (Lipinski definition) is 3. The van der Waals surface area contributed by atoms with Gasteiger partial charge in [-0.15, -0.1) is 0 Å². The summed E-state index contributed by atoms with van der Waals surface area (Å²) in [5, 5.41) is 3.29. The minimum absolute atomic E-state index is 0.102. The second-order valence-electron chi connectivity index (χ2n) is 5.45. The molecule has 1 N–H and O–H groups in total. The van der Waals surface area contributed by atoms with Crippen LogP contribution in [0.25, 0.3) is 0 Å². The zero-order valence-corrected chi connectivity index (χ0v) is 14.1. The van der Waals surface area contributed by atoms with Gasteiger partial charge in [0.1, 0.15) is 5.82 Å². The molecule has 120 valence electrons. The Bertz CT molecular complexity index is 450. The van der Waals surface area contributed by atoms with Crippen molar-refractivity contribution in [3.63, 3.8) is 0 Å². The summed E-state index contributed by atoms with van der Waals surface area (Å²) in [6.07, 6.45) is -3.40. The highest BCUT2D eigenvalue weighted by atomic mass is 79.9. The molecule has 0 aliphatic rings. The van der Waals surface area contributed by atoms with Crippen molar-refractivity contribution in [2.45, 2.75) is 33.0 Å². The number of alkyl halides is 3. The molecule has 0 bridgehead atoms. The Morgan fingerprint density at radius 3 is 2.62 bits per heavy atom. The normalized spacial score (nSPS) is 12.0. The van der Waals surface area contributed by atoms with Crippen LogP contribution in [0.5, 0.6) is 0 Å². The van der Waals surface area contributed by atoms with Gasteiger partial charge in [0.2, 0.25) is 0 Å². The van der Waals surface area contributed by atoms with Crippen molar-refractivity contribution in [3.05, 3.63) is 22.3 Å². The van der Waals surface area contributed by atoms with Gasteiger partial charge >= 0.3 is 6.18 Å². The van der Waals surface area contributed by atoms with E-state index in [1.165, 1.54) is 0 Å². The summed E-state index contributed by atoms with van der Waals surface area (Å²) < 4.78 is 37.8. The molecule has 1 rings (SSSR count). The molecule has 0 unspecified atom stereocenters. The summed E-state index contributed by atoms with van der Waals surface area (Å²) in [6, 6.07) is 1.89. The van der Waals surface area contributed by atoms with Crippen molar-refractivity contribution in [1.29, 1.82) is 0 Å². The van der Waals surface area contributed by atoms with Gasteiger partial charge in [-0.2, -0.15) is 13.2 Å². The van der Waals surface area contributed by atoms with Gasteiger partial charge in [0.15, 0.2) is 0 Å². The van der Waals surface area contributed by atoms with E-state index in [0.29, 0.717) is 18.3 Å². The molecule has 0 saturated carbocycles. The molecular weight excluding hydrogens is 347 g/mol. The van der Waals surface area contributed by atoms with Crippen molar-refractivity contribution in [3.8, 4) is 0 Å². The summed E-state index contributed by atoms with van der Waals surface area (Å²) >= 11 is 3.35. The molecule has 0 aliphatic heterocycles. The van der Waals surface area contributed by atoms with Crippen molar-refractivity contribution < 1.29 is 13.2 Å². The second kappa shape index (κ2) is 7.98. The van der Waals surface area contributed by atoms with E-state index in [4.69, 9.17) is 0 Å². The lowest BCUT2D eigenvalue weighted by molar-refractivity contribution is -0.132. The average molecular weight is 368 g/mol. The van der Waals surface area contributed by atoms with Gasteiger partial charge in [-0.05, 0) is 34.5 Å². The molecule has 0 fully saturated rings. The van der Waals surface area contributed by atoms with E-state index in [2.05, 4.69) is 40.1 Å². The van der Waals surface area contributed by atoms with Gasteiger partial charge in [-0.3, -0.25) is 0 Å². The van der Waals surface area contributed by atoms with Crippen LogP contribution in [-0.4, -0.2) is 31.3 Å². The van der Waals surface area contributed by atoms with Crippen molar-refractivity contribution in [2.24, 2.45) is 5.92 Å². The zero-order valence-electron chi connectivity index (χ0n) is 12.5. The van der Waals surface area contributed by atoms with Crippen LogP contribution in [0.2, 0.25) is 0 Å². The maximum absolute atomic E-state index is 12.3. The lowest BCUT2D eigenvalue weighted by atomic mass is 10.2. The highest BCUT2D eigenvalue weighted by molar-refractivity contribution is 9.10. The predicted molar refractivity (Wildman–Crippen MR) is 82.4 cm³/mol. The summed E-state index contributed by atoms with van der Waals surface area (Å²) in [5.41, 5.74) is 0.884. The van der Waals surface area contributed by atoms with Crippen LogP contribution in [0.3, 0.4) is 0 Å². The number of halogens is 4. The fourth-order valence-corrected chi connectivity index (χ4v) is 2.22.